The Hall–Kier alpha value is -1.10. The van der Waals surface area contributed by atoms with Gasteiger partial charge in [-0.25, -0.2) is 4.79 Å². The van der Waals surface area contributed by atoms with Crippen LogP contribution in [0.15, 0.2) is 24.3 Å². The third-order valence-corrected chi connectivity index (χ3v) is 3.32. The van der Waals surface area contributed by atoms with E-state index in [2.05, 4.69) is 5.32 Å². The molecule has 0 spiro atoms. The monoisotopic (exact) mass is 285 g/mol. The summed E-state index contributed by atoms with van der Waals surface area (Å²) >= 11 is 0. The van der Waals surface area contributed by atoms with E-state index in [1.165, 1.54) is 0 Å². The number of carboxylic acids is 1. The van der Waals surface area contributed by atoms with Gasteiger partial charge in [0.25, 0.3) is 0 Å². The first kappa shape index (κ1) is 16.0. The van der Waals surface area contributed by atoms with Gasteiger partial charge in [-0.2, -0.15) is 0 Å². The second-order valence-electron chi connectivity index (χ2n) is 4.54. The van der Waals surface area contributed by atoms with Crippen LogP contribution >= 0.6 is 12.4 Å². The van der Waals surface area contributed by atoms with Crippen LogP contribution in [0, 0.1) is 0 Å². The van der Waals surface area contributed by atoms with Crippen LogP contribution in [-0.4, -0.2) is 30.3 Å². The molecule has 1 saturated heterocycles. The highest BCUT2D eigenvalue weighted by Gasteiger charge is 2.22. The fourth-order valence-electron chi connectivity index (χ4n) is 2.38. The predicted octanol–water partition coefficient (Wildman–Crippen LogP) is 2.64. The van der Waals surface area contributed by atoms with Crippen molar-refractivity contribution in [2.75, 3.05) is 13.2 Å². The van der Waals surface area contributed by atoms with Gasteiger partial charge in [0.15, 0.2) is 0 Å². The van der Waals surface area contributed by atoms with Crippen molar-refractivity contribution in [3.8, 4) is 0 Å². The van der Waals surface area contributed by atoms with Gasteiger partial charge in [0, 0.05) is 12.6 Å². The summed E-state index contributed by atoms with van der Waals surface area (Å²) in [6, 6.07) is 7.34. The Morgan fingerprint density at radius 3 is 2.68 bits per heavy atom. The van der Waals surface area contributed by atoms with E-state index in [1.54, 1.807) is 12.1 Å². The van der Waals surface area contributed by atoms with Crippen molar-refractivity contribution in [3.05, 3.63) is 35.4 Å². The van der Waals surface area contributed by atoms with Gasteiger partial charge in [-0.15, -0.1) is 12.4 Å². The minimum atomic E-state index is -0.884. The number of carboxylic acid groups (broad SMARTS) is 1. The van der Waals surface area contributed by atoms with Crippen molar-refractivity contribution in [2.24, 2.45) is 0 Å². The second-order valence-corrected chi connectivity index (χ2v) is 4.54. The van der Waals surface area contributed by atoms with Crippen molar-refractivity contribution >= 4 is 18.4 Å². The van der Waals surface area contributed by atoms with Gasteiger partial charge in [-0.1, -0.05) is 12.1 Å². The zero-order valence-corrected chi connectivity index (χ0v) is 11.8. The molecule has 2 rings (SSSR count). The number of benzene rings is 1. The predicted molar refractivity (Wildman–Crippen MR) is 76.0 cm³/mol. The number of nitrogens with one attached hydrogen (secondary N) is 1. The summed E-state index contributed by atoms with van der Waals surface area (Å²) in [5.74, 6) is -0.884. The third-order valence-electron chi connectivity index (χ3n) is 3.32. The summed E-state index contributed by atoms with van der Waals surface area (Å²) in [6.45, 7) is 3.70. The topological polar surface area (TPSA) is 58.6 Å². The Kier molecular flexibility index (Phi) is 6.28. The Morgan fingerprint density at radius 2 is 2.11 bits per heavy atom. The molecule has 5 heteroatoms. The molecule has 19 heavy (non-hydrogen) atoms. The molecule has 1 aliphatic rings. The summed E-state index contributed by atoms with van der Waals surface area (Å²) in [6.07, 6.45) is 2.29. The molecular weight excluding hydrogens is 266 g/mol. The molecule has 1 fully saturated rings. The molecule has 0 unspecified atom stereocenters. The molecule has 1 aromatic rings. The molecule has 2 N–H and O–H groups in total. The van der Waals surface area contributed by atoms with Gasteiger partial charge in [0.2, 0.25) is 0 Å². The van der Waals surface area contributed by atoms with Gasteiger partial charge in [0.05, 0.1) is 11.7 Å². The van der Waals surface area contributed by atoms with Crippen LogP contribution in [0.3, 0.4) is 0 Å². The first-order chi connectivity index (χ1) is 8.70. The lowest BCUT2D eigenvalue weighted by Crippen LogP contribution is -2.35. The van der Waals surface area contributed by atoms with Gasteiger partial charge in [-0.3, -0.25) is 0 Å². The minimum absolute atomic E-state index is 0. The lowest BCUT2D eigenvalue weighted by molar-refractivity contribution is 0.0297. The van der Waals surface area contributed by atoms with E-state index in [9.17, 15) is 4.79 Å². The van der Waals surface area contributed by atoms with Gasteiger partial charge >= 0.3 is 5.97 Å². The SMILES string of the molecule is CCO[C@H]1CCN[C@H](c2ccc(C(=O)O)cc2)C1.Cl. The molecule has 1 aliphatic heterocycles. The maximum absolute atomic E-state index is 10.8. The Morgan fingerprint density at radius 1 is 1.42 bits per heavy atom. The van der Waals surface area contributed by atoms with Crippen LogP contribution in [-0.2, 0) is 4.74 Å². The number of carbonyl (C=O) groups is 1. The number of piperidine rings is 1. The van der Waals surface area contributed by atoms with Crippen LogP contribution in [0.2, 0.25) is 0 Å². The zero-order valence-electron chi connectivity index (χ0n) is 11.0. The van der Waals surface area contributed by atoms with Crippen molar-refractivity contribution in [2.45, 2.75) is 31.9 Å². The highest BCUT2D eigenvalue weighted by Crippen LogP contribution is 2.25. The summed E-state index contributed by atoms with van der Waals surface area (Å²) < 4.78 is 5.66. The molecule has 0 aliphatic carbocycles. The Labute approximate surface area is 119 Å². The van der Waals surface area contributed by atoms with Crippen LogP contribution in [0.5, 0.6) is 0 Å². The number of aromatic carboxylic acids is 1. The normalized spacial score (nSPS) is 22.6. The van der Waals surface area contributed by atoms with Crippen LogP contribution in [0.25, 0.3) is 0 Å². The van der Waals surface area contributed by atoms with Crippen molar-refractivity contribution in [1.29, 1.82) is 0 Å². The van der Waals surface area contributed by atoms with Gasteiger partial charge < -0.3 is 15.2 Å². The van der Waals surface area contributed by atoms with E-state index in [4.69, 9.17) is 9.84 Å². The zero-order chi connectivity index (χ0) is 13.0. The number of hydrogen-bond acceptors (Lipinski definition) is 3. The minimum Gasteiger partial charge on any atom is -0.478 e. The van der Waals surface area contributed by atoms with Crippen LogP contribution < -0.4 is 5.32 Å². The molecule has 0 saturated carbocycles. The van der Waals surface area contributed by atoms with E-state index in [0.29, 0.717) is 11.7 Å². The summed E-state index contributed by atoms with van der Waals surface area (Å²) in [5, 5.41) is 12.3. The Bertz CT molecular complexity index is 406. The maximum Gasteiger partial charge on any atom is 0.335 e. The molecule has 0 radical (unpaired) electrons. The van der Waals surface area contributed by atoms with Gasteiger partial charge in [-0.05, 0) is 44.0 Å². The fourth-order valence-corrected chi connectivity index (χ4v) is 2.38. The number of ether oxygens (including phenoxy) is 1. The maximum atomic E-state index is 10.8. The van der Waals surface area contributed by atoms with Crippen LogP contribution in [0.1, 0.15) is 41.7 Å². The number of halogens is 1. The first-order valence-electron chi connectivity index (χ1n) is 6.39. The van der Waals surface area contributed by atoms with Gasteiger partial charge in [0.1, 0.15) is 0 Å². The molecule has 0 aromatic heterocycles. The van der Waals surface area contributed by atoms with E-state index < -0.39 is 5.97 Å². The number of hydrogen-bond donors (Lipinski definition) is 2. The second kappa shape index (κ2) is 7.48. The van der Waals surface area contributed by atoms with E-state index in [1.807, 2.05) is 19.1 Å². The van der Waals surface area contributed by atoms with Crippen LogP contribution in [0.4, 0.5) is 0 Å². The van der Waals surface area contributed by atoms with Crippen molar-refractivity contribution < 1.29 is 14.6 Å². The molecular formula is C14H20ClNO3. The smallest absolute Gasteiger partial charge is 0.335 e. The van der Waals surface area contributed by atoms with E-state index in [0.717, 1.165) is 31.6 Å². The third kappa shape index (κ3) is 4.20. The van der Waals surface area contributed by atoms with E-state index >= 15 is 0 Å². The molecule has 106 valence electrons. The van der Waals surface area contributed by atoms with Crippen molar-refractivity contribution in [1.82, 2.24) is 5.32 Å². The van der Waals surface area contributed by atoms with Crippen molar-refractivity contribution in [3.63, 3.8) is 0 Å². The average Bonchev–Trinajstić information content (AvgIpc) is 2.39. The lowest BCUT2D eigenvalue weighted by atomic mass is 9.95. The largest absolute Gasteiger partial charge is 0.478 e. The molecule has 4 nitrogen and oxygen atoms in total. The summed E-state index contributed by atoms with van der Waals surface area (Å²) in [5.41, 5.74) is 1.46. The summed E-state index contributed by atoms with van der Waals surface area (Å²) in [7, 11) is 0. The average molecular weight is 286 g/mol. The lowest BCUT2D eigenvalue weighted by Gasteiger charge is -2.30. The first-order valence-corrected chi connectivity index (χ1v) is 6.39. The molecule has 0 bridgehead atoms. The van der Waals surface area contributed by atoms with E-state index in [-0.39, 0.29) is 18.4 Å². The Balaban J connectivity index is 0.00000180. The quantitative estimate of drug-likeness (QED) is 0.893. The highest BCUT2D eigenvalue weighted by atomic mass is 35.5. The molecule has 1 aromatic carbocycles. The molecule has 1 heterocycles. The number of rotatable bonds is 4. The molecule has 2 atom stereocenters. The summed E-state index contributed by atoms with van der Waals surface area (Å²) in [4.78, 5) is 10.8. The highest BCUT2D eigenvalue weighted by molar-refractivity contribution is 5.87. The molecule has 0 amide bonds. The fraction of sp³-hybridized carbons (Fsp3) is 0.500. The standard InChI is InChI=1S/C14H19NO3.ClH/c1-2-18-12-7-8-15-13(9-12)10-3-5-11(6-4-10)14(16)17;/h3-6,12-13,15H,2,7-9H2,1H3,(H,16,17);1H/t12-,13-;/m0./s1.